The first-order chi connectivity index (χ1) is 6.50. The van der Waals surface area contributed by atoms with E-state index in [1.165, 1.54) is 0 Å². The Labute approximate surface area is 87.1 Å². The molecule has 0 bridgehead atoms. The fourth-order valence-corrected chi connectivity index (χ4v) is 1.67. The zero-order valence-electron chi connectivity index (χ0n) is 9.79. The van der Waals surface area contributed by atoms with Gasteiger partial charge in [0, 0.05) is 31.6 Å². The third-order valence-corrected chi connectivity index (χ3v) is 3.07. The maximum atomic E-state index is 11.5. The van der Waals surface area contributed by atoms with Gasteiger partial charge in [-0.1, -0.05) is 13.8 Å². The van der Waals surface area contributed by atoms with Crippen LogP contribution < -0.4 is 0 Å². The van der Waals surface area contributed by atoms with Gasteiger partial charge in [0.15, 0.2) is 0 Å². The minimum Gasteiger partial charge on any atom is -0.301 e. The Balaban J connectivity index is 2.37. The van der Waals surface area contributed by atoms with E-state index in [1.54, 1.807) is 0 Å². The molecule has 0 spiro atoms. The topological polar surface area (TPSA) is 23.6 Å². The van der Waals surface area contributed by atoms with E-state index in [-0.39, 0.29) is 5.92 Å². The van der Waals surface area contributed by atoms with Crippen molar-refractivity contribution in [3.8, 4) is 0 Å². The highest BCUT2D eigenvalue weighted by molar-refractivity contribution is 5.82. The Hall–Kier alpha value is -0.410. The Bertz CT molecular complexity index is 203. The molecule has 1 rings (SSSR count). The summed E-state index contributed by atoms with van der Waals surface area (Å²) in [5, 5.41) is 0. The standard InChI is InChI=1S/C11H22N2O/c1-9(2)11(14)8-13-6-5-12(4)10(3)7-13/h9-10H,5-8H2,1-4H3. The minimum atomic E-state index is 0.171. The van der Waals surface area contributed by atoms with Crippen molar-refractivity contribution < 1.29 is 4.79 Å². The lowest BCUT2D eigenvalue weighted by molar-refractivity contribution is -0.123. The average Bonchev–Trinajstić information content (AvgIpc) is 2.11. The van der Waals surface area contributed by atoms with Gasteiger partial charge in [-0.25, -0.2) is 0 Å². The first-order valence-corrected chi connectivity index (χ1v) is 5.46. The number of ketones is 1. The average molecular weight is 198 g/mol. The summed E-state index contributed by atoms with van der Waals surface area (Å²) in [6, 6.07) is 0.573. The van der Waals surface area contributed by atoms with E-state index in [9.17, 15) is 4.79 Å². The molecular formula is C11H22N2O. The van der Waals surface area contributed by atoms with Crippen LogP contribution in [0.2, 0.25) is 0 Å². The van der Waals surface area contributed by atoms with Crippen LogP contribution in [0.15, 0.2) is 0 Å². The third kappa shape index (κ3) is 3.07. The lowest BCUT2D eigenvalue weighted by Gasteiger charge is -2.37. The van der Waals surface area contributed by atoms with Crippen LogP contribution in [-0.4, -0.2) is 54.9 Å². The van der Waals surface area contributed by atoms with Gasteiger partial charge >= 0.3 is 0 Å². The van der Waals surface area contributed by atoms with Crippen LogP contribution in [0.1, 0.15) is 20.8 Å². The SMILES string of the molecule is CC(C)C(=O)CN1CCN(C)C(C)C1. The highest BCUT2D eigenvalue weighted by atomic mass is 16.1. The Morgan fingerprint density at radius 2 is 2.07 bits per heavy atom. The van der Waals surface area contributed by atoms with E-state index in [1.807, 2.05) is 13.8 Å². The lowest BCUT2D eigenvalue weighted by atomic mass is 10.1. The van der Waals surface area contributed by atoms with Gasteiger partial charge in [-0.2, -0.15) is 0 Å². The number of rotatable bonds is 3. The summed E-state index contributed by atoms with van der Waals surface area (Å²) in [5.41, 5.74) is 0. The number of likely N-dealkylation sites (N-methyl/N-ethyl adjacent to an activating group) is 1. The van der Waals surface area contributed by atoms with Crippen molar-refractivity contribution in [2.75, 3.05) is 33.2 Å². The summed E-state index contributed by atoms with van der Waals surface area (Å²) in [7, 11) is 2.15. The highest BCUT2D eigenvalue weighted by Crippen LogP contribution is 2.07. The zero-order chi connectivity index (χ0) is 10.7. The molecular weight excluding hydrogens is 176 g/mol. The molecule has 1 heterocycles. The van der Waals surface area contributed by atoms with Crippen LogP contribution >= 0.6 is 0 Å². The fraction of sp³-hybridized carbons (Fsp3) is 0.909. The number of carbonyl (C=O) groups excluding carboxylic acids is 1. The molecule has 1 aliphatic rings. The molecule has 14 heavy (non-hydrogen) atoms. The van der Waals surface area contributed by atoms with Gasteiger partial charge in [-0.15, -0.1) is 0 Å². The van der Waals surface area contributed by atoms with Gasteiger partial charge < -0.3 is 4.90 Å². The minimum absolute atomic E-state index is 0.171. The van der Waals surface area contributed by atoms with Crippen molar-refractivity contribution in [1.29, 1.82) is 0 Å². The molecule has 0 saturated carbocycles. The zero-order valence-corrected chi connectivity index (χ0v) is 9.79. The molecule has 1 saturated heterocycles. The van der Waals surface area contributed by atoms with E-state index < -0.39 is 0 Å². The van der Waals surface area contributed by atoms with Crippen molar-refractivity contribution in [2.45, 2.75) is 26.8 Å². The van der Waals surface area contributed by atoms with Crippen LogP contribution in [-0.2, 0) is 4.79 Å². The van der Waals surface area contributed by atoms with E-state index >= 15 is 0 Å². The van der Waals surface area contributed by atoms with Gasteiger partial charge in [-0.05, 0) is 14.0 Å². The normalized spacial score (nSPS) is 25.6. The van der Waals surface area contributed by atoms with Crippen LogP contribution in [0, 0.1) is 5.92 Å². The monoisotopic (exact) mass is 198 g/mol. The fourth-order valence-electron chi connectivity index (χ4n) is 1.67. The van der Waals surface area contributed by atoms with Crippen molar-refractivity contribution in [3.05, 3.63) is 0 Å². The molecule has 1 atom stereocenters. The van der Waals surface area contributed by atoms with Crippen LogP contribution in [0.5, 0.6) is 0 Å². The van der Waals surface area contributed by atoms with Crippen LogP contribution in [0.3, 0.4) is 0 Å². The predicted octanol–water partition coefficient (Wildman–Crippen LogP) is 0.847. The number of piperazine rings is 1. The second kappa shape index (κ2) is 4.89. The molecule has 0 amide bonds. The summed E-state index contributed by atoms with van der Waals surface area (Å²) in [6.45, 7) is 9.92. The van der Waals surface area contributed by atoms with Crippen molar-refractivity contribution in [3.63, 3.8) is 0 Å². The van der Waals surface area contributed by atoms with Gasteiger partial charge in [-0.3, -0.25) is 9.69 Å². The smallest absolute Gasteiger partial charge is 0.149 e. The van der Waals surface area contributed by atoms with Crippen molar-refractivity contribution >= 4 is 5.78 Å². The second-order valence-corrected chi connectivity index (χ2v) is 4.69. The third-order valence-electron chi connectivity index (χ3n) is 3.07. The molecule has 0 radical (unpaired) electrons. The van der Waals surface area contributed by atoms with Gasteiger partial charge in [0.25, 0.3) is 0 Å². The van der Waals surface area contributed by atoms with E-state index in [0.717, 1.165) is 19.6 Å². The number of Topliss-reactive ketones (excluding diaryl/α,β-unsaturated/α-hetero) is 1. The molecule has 0 N–H and O–H groups in total. The quantitative estimate of drug-likeness (QED) is 0.671. The largest absolute Gasteiger partial charge is 0.301 e. The molecule has 1 fully saturated rings. The first-order valence-electron chi connectivity index (χ1n) is 5.46. The Kier molecular flexibility index (Phi) is 4.08. The summed E-state index contributed by atoms with van der Waals surface area (Å²) >= 11 is 0. The number of hydrogen-bond acceptors (Lipinski definition) is 3. The molecule has 0 aromatic heterocycles. The first kappa shape index (κ1) is 11.7. The molecule has 1 unspecified atom stereocenters. The molecule has 82 valence electrons. The van der Waals surface area contributed by atoms with E-state index in [4.69, 9.17) is 0 Å². The van der Waals surface area contributed by atoms with E-state index in [0.29, 0.717) is 18.4 Å². The van der Waals surface area contributed by atoms with Crippen molar-refractivity contribution in [2.24, 2.45) is 5.92 Å². The molecule has 0 aromatic rings. The van der Waals surface area contributed by atoms with Crippen LogP contribution in [0.25, 0.3) is 0 Å². The highest BCUT2D eigenvalue weighted by Gasteiger charge is 2.22. The summed E-state index contributed by atoms with van der Waals surface area (Å²) < 4.78 is 0. The van der Waals surface area contributed by atoms with E-state index in [2.05, 4.69) is 23.8 Å². The summed E-state index contributed by atoms with van der Waals surface area (Å²) in [4.78, 5) is 16.2. The second-order valence-electron chi connectivity index (χ2n) is 4.69. The molecule has 1 aliphatic heterocycles. The molecule has 3 heteroatoms. The van der Waals surface area contributed by atoms with Gasteiger partial charge in [0.1, 0.15) is 5.78 Å². The molecule has 0 aliphatic carbocycles. The maximum Gasteiger partial charge on any atom is 0.149 e. The van der Waals surface area contributed by atoms with Gasteiger partial charge in [0.05, 0.1) is 6.54 Å². The lowest BCUT2D eigenvalue weighted by Crippen LogP contribution is -2.51. The Morgan fingerprint density at radius 3 is 2.57 bits per heavy atom. The number of hydrogen-bond donors (Lipinski definition) is 0. The molecule has 3 nitrogen and oxygen atoms in total. The van der Waals surface area contributed by atoms with Crippen LogP contribution in [0.4, 0.5) is 0 Å². The predicted molar refractivity (Wildman–Crippen MR) is 58.4 cm³/mol. The Morgan fingerprint density at radius 1 is 1.43 bits per heavy atom. The maximum absolute atomic E-state index is 11.5. The van der Waals surface area contributed by atoms with Gasteiger partial charge in [0.2, 0.25) is 0 Å². The number of carbonyl (C=O) groups is 1. The molecule has 0 aromatic carbocycles. The summed E-state index contributed by atoms with van der Waals surface area (Å²) in [6.07, 6.45) is 0. The number of nitrogens with zero attached hydrogens (tertiary/aromatic N) is 2. The summed E-state index contributed by atoms with van der Waals surface area (Å²) in [5.74, 6) is 0.534. The van der Waals surface area contributed by atoms with Crippen molar-refractivity contribution in [1.82, 2.24) is 9.80 Å².